The number of hydrogen-bond acceptors (Lipinski definition) is 4. The molecular formula is C14H20BrClO4. The van der Waals surface area contributed by atoms with Crippen LogP contribution in [0.25, 0.3) is 0 Å². The van der Waals surface area contributed by atoms with Crippen LogP contribution in [0.1, 0.15) is 12.5 Å². The van der Waals surface area contributed by atoms with E-state index in [-0.39, 0.29) is 0 Å². The minimum atomic E-state index is 0.430. The normalized spacial score (nSPS) is 10.6. The van der Waals surface area contributed by atoms with Gasteiger partial charge in [-0.2, -0.15) is 0 Å². The smallest absolute Gasteiger partial charge is 0.175 e. The summed E-state index contributed by atoms with van der Waals surface area (Å²) in [7, 11) is 1.64. The lowest BCUT2D eigenvalue weighted by atomic mass is 10.2. The van der Waals surface area contributed by atoms with E-state index in [2.05, 4.69) is 15.9 Å². The lowest BCUT2D eigenvalue weighted by Crippen LogP contribution is -2.11. The van der Waals surface area contributed by atoms with E-state index < -0.39 is 0 Å². The zero-order chi connectivity index (χ0) is 14.8. The summed E-state index contributed by atoms with van der Waals surface area (Å²) in [5.41, 5.74) is 0.977. The van der Waals surface area contributed by atoms with Gasteiger partial charge in [-0.3, -0.25) is 0 Å². The third kappa shape index (κ3) is 5.87. The molecule has 0 unspecified atom stereocenters. The van der Waals surface area contributed by atoms with Gasteiger partial charge < -0.3 is 18.9 Å². The van der Waals surface area contributed by atoms with Gasteiger partial charge in [0.25, 0.3) is 0 Å². The lowest BCUT2D eigenvalue weighted by Gasteiger charge is -2.15. The summed E-state index contributed by atoms with van der Waals surface area (Å²) >= 11 is 9.33. The molecule has 0 saturated heterocycles. The Morgan fingerprint density at radius 3 is 2.50 bits per heavy atom. The van der Waals surface area contributed by atoms with Crippen molar-refractivity contribution in [2.24, 2.45) is 0 Å². The summed E-state index contributed by atoms with van der Waals surface area (Å²) in [6.07, 6.45) is 0. The Balaban J connectivity index is 2.58. The Labute approximate surface area is 133 Å². The maximum Gasteiger partial charge on any atom is 0.175 e. The number of alkyl halides is 1. The van der Waals surface area contributed by atoms with Crippen LogP contribution in [0.2, 0.25) is 0 Å². The predicted octanol–water partition coefficient (Wildman–Crippen LogP) is 3.63. The van der Waals surface area contributed by atoms with Gasteiger partial charge in [0.2, 0.25) is 0 Å². The zero-order valence-electron chi connectivity index (χ0n) is 11.8. The van der Waals surface area contributed by atoms with Crippen LogP contribution in [0.5, 0.6) is 11.5 Å². The van der Waals surface area contributed by atoms with Gasteiger partial charge in [0, 0.05) is 13.0 Å². The highest BCUT2D eigenvalue weighted by atomic mass is 79.9. The van der Waals surface area contributed by atoms with Gasteiger partial charge in [-0.05, 0) is 40.5 Å². The van der Waals surface area contributed by atoms with Crippen molar-refractivity contribution >= 4 is 27.5 Å². The first-order valence-electron chi connectivity index (χ1n) is 6.43. The Kier molecular flexibility index (Phi) is 9.02. The first-order chi connectivity index (χ1) is 9.72. The van der Waals surface area contributed by atoms with E-state index in [4.69, 9.17) is 30.5 Å². The Morgan fingerprint density at radius 2 is 1.85 bits per heavy atom. The summed E-state index contributed by atoms with van der Waals surface area (Å²) < 4.78 is 22.4. The van der Waals surface area contributed by atoms with Crippen molar-refractivity contribution in [1.29, 1.82) is 0 Å². The van der Waals surface area contributed by atoms with Crippen LogP contribution < -0.4 is 9.47 Å². The maximum absolute atomic E-state index is 5.85. The van der Waals surface area contributed by atoms with Gasteiger partial charge in [-0.1, -0.05) is 0 Å². The number of halogens is 2. The van der Waals surface area contributed by atoms with E-state index in [1.165, 1.54) is 0 Å². The van der Waals surface area contributed by atoms with E-state index in [0.29, 0.717) is 50.4 Å². The third-order valence-corrected chi connectivity index (χ3v) is 3.33. The van der Waals surface area contributed by atoms with Gasteiger partial charge >= 0.3 is 0 Å². The Bertz CT molecular complexity index is 401. The minimum Gasteiger partial charge on any atom is -0.490 e. The number of methoxy groups -OCH3 is 1. The second kappa shape index (κ2) is 10.3. The second-order valence-electron chi connectivity index (χ2n) is 3.93. The van der Waals surface area contributed by atoms with Crippen molar-refractivity contribution in [3.63, 3.8) is 0 Å². The minimum absolute atomic E-state index is 0.430. The summed E-state index contributed by atoms with van der Waals surface area (Å²) in [6.45, 7) is 4.59. The van der Waals surface area contributed by atoms with E-state index in [1.54, 1.807) is 7.11 Å². The fraction of sp³-hybridized carbons (Fsp3) is 0.571. The molecule has 0 bridgehead atoms. The summed E-state index contributed by atoms with van der Waals surface area (Å²) in [6, 6.07) is 3.82. The highest BCUT2D eigenvalue weighted by Crippen LogP contribution is 2.37. The van der Waals surface area contributed by atoms with Gasteiger partial charge in [0.1, 0.15) is 6.61 Å². The molecule has 0 radical (unpaired) electrons. The highest BCUT2D eigenvalue weighted by Gasteiger charge is 2.12. The highest BCUT2D eigenvalue weighted by molar-refractivity contribution is 9.10. The van der Waals surface area contributed by atoms with Crippen LogP contribution >= 0.6 is 27.5 Å². The first kappa shape index (κ1) is 17.6. The first-order valence-corrected chi connectivity index (χ1v) is 7.76. The van der Waals surface area contributed by atoms with Gasteiger partial charge in [0.15, 0.2) is 11.5 Å². The molecule has 0 aromatic heterocycles. The molecule has 0 aliphatic heterocycles. The fourth-order valence-electron chi connectivity index (χ4n) is 1.55. The van der Waals surface area contributed by atoms with Crippen LogP contribution in [0.3, 0.4) is 0 Å². The number of hydrogen-bond donors (Lipinski definition) is 0. The molecule has 0 atom stereocenters. The summed E-state index contributed by atoms with van der Waals surface area (Å²) in [5, 5.41) is 0. The van der Waals surface area contributed by atoms with E-state index >= 15 is 0 Å². The quantitative estimate of drug-likeness (QED) is 0.467. The van der Waals surface area contributed by atoms with Crippen LogP contribution in [-0.2, 0) is 15.4 Å². The van der Waals surface area contributed by atoms with E-state index in [9.17, 15) is 0 Å². The van der Waals surface area contributed by atoms with Crippen LogP contribution in [0.15, 0.2) is 16.6 Å². The summed E-state index contributed by atoms with van der Waals surface area (Å²) in [5.74, 6) is 1.80. The van der Waals surface area contributed by atoms with Crippen molar-refractivity contribution in [1.82, 2.24) is 0 Å². The van der Waals surface area contributed by atoms with Crippen molar-refractivity contribution in [3.8, 4) is 11.5 Å². The topological polar surface area (TPSA) is 36.9 Å². The monoisotopic (exact) mass is 366 g/mol. The fourth-order valence-corrected chi connectivity index (χ4v) is 2.31. The second-order valence-corrected chi connectivity index (χ2v) is 5.05. The molecule has 4 nitrogen and oxygen atoms in total. The molecule has 0 spiro atoms. The molecule has 20 heavy (non-hydrogen) atoms. The standard InChI is InChI=1S/C14H20BrClO4/c1-3-19-13-9-11(10-16)8-12(15)14(13)20-7-6-18-5-4-17-2/h8-9H,3-7,10H2,1-2H3. The molecule has 0 aliphatic rings. The number of rotatable bonds is 10. The average molecular weight is 368 g/mol. The molecule has 0 N–H and O–H groups in total. The molecule has 1 aromatic carbocycles. The van der Waals surface area contributed by atoms with E-state index in [0.717, 1.165) is 10.0 Å². The molecule has 6 heteroatoms. The molecule has 0 heterocycles. The molecule has 0 saturated carbocycles. The van der Waals surface area contributed by atoms with Gasteiger partial charge in [-0.25, -0.2) is 0 Å². The van der Waals surface area contributed by atoms with Crippen LogP contribution in [0, 0.1) is 0 Å². The average Bonchev–Trinajstić information content (AvgIpc) is 2.44. The Morgan fingerprint density at radius 1 is 1.10 bits per heavy atom. The lowest BCUT2D eigenvalue weighted by molar-refractivity contribution is 0.0537. The van der Waals surface area contributed by atoms with Gasteiger partial charge in [0.05, 0.1) is 30.9 Å². The van der Waals surface area contributed by atoms with Crippen molar-refractivity contribution in [2.45, 2.75) is 12.8 Å². The molecule has 1 aromatic rings. The van der Waals surface area contributed by atoms with Crippen LogP contribution in [0.4, 0.5) is 0 Å². The Hall–Kier alpha value is -0.490. The maximum atomic E-state index is 5.85. The van der Waals surface area contributed by atoms with Gasteiger partial charge in [-0.15, -0.1) is 11.6 Å². The molecule has 114 valence electrons. The SMILES string of the molecule is CCOc1cc(CCl)cc(Br)c1OCCOCCOC. The predicted molar refractivity (Wildman–Crippen MR) is 83.1 cm³/mol. The number of benzene rings is 1. The van der Waals surface area contributed by atoms with E-state index in [1.807, 2.05) is 19.1 Å². The molecule has 0 fully saturated rings. The third-order valence-electron chi connectivity index (χ3n) is 2.43. The zero-order valence-corrected chi connectivity index (χ0v) is 14.1. The van der Waals surface area contributed by atoms with Crippen LogP contribution in [-0.4, -0.2) is 40.1 Å². The van der Waals surface area contributed by atoms with Crippen molar-refractivity contribution < 1.29 is 18.9 Å². The molecular weight excluding hydrogens is 348 g/mol. The summed E-state index contributed by atoms with van der Waals surface area (Å²) in [4.78, 5) is 0. The van der Waals surface area contributed by atoms with Crippen molar-refractivity contribution in [2.75, 3.05) is 40.1 Å². The molecule has 1 rings (SSSR count). The molecule has 0 amide bonds. The number of ether oxygens (including phenoxy) is 4. The largest absolute Gasteiger partial charge is 0.490 e. The molecule has 0 aliphatic carbocycles. The van der Waals surface area contributed by atoms with Crippen molar-refractivity contribution in [3.05, 3.63) is 22.2 Å².